The van der Waals surface area contributed by atoms with Crippen molar-refractivity contribution >= 4 is 50.1 Å². The minimum Gasteiger partial charge on any atom is -0.315 e. The number of nitrogens with one attached hydrogen (secondary N) is 3. The molecule has 0 bridgehead atoms. The van der Waals surface area contributed by atoms with Crippen LogP contribution >= 0.6 is 23.2 Å². The summed E-state index contributed by atoms with van der Waals surface area (Å²) in [6.07, 6.45) is 3.08. The zero-order chi connectivity index (χ0) is 22.3. The number of sulfonamides is 1. The number of hydrogen-bond donors (Lipinski definition) is 3. The molecule has 12 heteroatoms. The fourth-order valence-corrected chi connectivity index (χ4v) is 4.67. The molecular formula is C19H13Cl2N5O4S. The van der Waals surface area contributed by atoms with E-state index in [1.54, 1.807) is 18.3 Å². The monoisotopic (exact) mass is 477 g/mol. The lowest BCUT2D eigenvalue weighted by atomic mass is 10.1. The van der Waals surface area contributed by atoms with Crippen LogP contribution in [0.5, 0.6) is 0 Å². The average molecular weight is 478 g/mol. The van der Waals surface area contributed by atoms with Gasteiger partial charge in [0.1, 0.15) is 0 Å². The minimum atomic E-state index is -4.13. The molecule has 4 aromatic rings. The number of aromatic amines is 2. The van der Waals surface area contributed by atoms with Crippen molar-refractivity contribution in [2.45, 2.75) is 11.9 Å². The van der Waals surface area contributed by atoms with Crippen molar-refractivity contribution in [2.75, 3.05) is 4.72 Å². The van der Waals surface area contributed by atoms with E-state index in [4.69, 9.17) is 23.2 Å². The van der Waals surface area contributed by atoms with E-state index in [0.717, 1.165) is 0 Å². The lowest BCUT2D eigenvalue weighted by Crippen LogP contribution is -2.29. The molecule has 0 aliphatic heterocycles. The first-order chi connectivity index (χ1) is 14.6. The average Bonchev–Trinajstić information content (AvgIpc) is 2.68. The van der Waals surface area contributed by atoms with E-state index in [0.29, 0.717) is 16.1 Å². The molecule has 0 radical (unpaired) electrons. The van der Waals surface area contributed by atoms with Gasteiger partial charge in [0, 0.05) is 23.5 Å². The van der Waals surface area contributed by atoms with Crippen molar-refractivity contribution in [3.8, 4) is 11.1 Å². The second kappa shape index (κ2) is 7.80. The van der Waals surface area contributed by atoms with Gasteiger partial charge in [-0.2, -0.15) is 8.42 Å². The van der Waals surface area contributed by atoms with E-state index in [1.165, 1.54) is 31.3 Å². The third kappa shape index (κ3) is 4.18. The summed E-state index contributed by atoms with van der Waals surface area (Å²) >= 11 is 12.3. The minimum absolute atomic E-state index is 0.0580. The summed E-state index contributed by atoms with van der Waals surface area (Å²) in [7, 11) is -4.13. The molecule has 0 saturated carbocycles. The van der Waals surface area contributed by atoms with E-state index < -0.39 is 21.1 Å². The van der Waals surface area contributed by atoms with Gasteiger partial charge in [0.25, 0.3) is 10.0 Å². The molecule has 1 aromatic carbocycles. The van der Waals surface area contributed by atoms with Crippen LogP contribution in [0.3, 0.4) is 0 Å². The first-order valence-corrected chi connectivity index (χ1v) is 11.0. The third-order valence-corrected chi connectivity index (χ3v) is 6.29. The number of aryl methyl sites for hydroxylation is 1. The summed E-state index contributed by atoms with van der Waals surface area (Å²) in [4.78, 5) is 35.6. The first kappa shape index (κ1) is 21.0. The Labute approximate surface area is 185 Å². The fourth-order valence-electron chi connectivity index (χ4n) is 2.98. The van der Waals surface area contributed by atoms with Crippen molar-refractivity contribution in [3.05, 3.63) is 79.0 Å². The Morgan fingerprint density at radius 3 is 2.45 bits per heavy atom. The van der Waals surface area contributed by atoms with Crippen LogP contribution in [0.2, 0.25) is 10.0 Å². The van der Waals surface area contributed by atoms with Gasteiger partial charge in [-0.3, -0.25) is 19.3 Å². The van der Waals surface area contributed by atoms with Crippen LogP contribution < -0.4 is 15.8 Å². The van der Waals surface area contributed by atoms with Crippen LogP contribution in [-0.2, 0) is 10.0 Å². The van der Waals surface area contributed by atoms with Crippen molar-refractivity contribution in [1.82, 2.24) is 19.9 Å². The Morgan fingerprint density at radius 1 is 1.00 bits per heavy atom. The number of anilines is 1. The molecule has 0 atom stereocenters. The molecule has 9 nitrogen and oxygen atoms in total. The zero-order valence-corrected chi connectivity index (χ0v) is 18.1. The van der Waals surface area contributed by atoms with Gasteiger partial charge >= 0.3 is 11.1 Å². The highest BCUT2D eigenvalue weighted by Crippen LogP contribution is 2.32. The molecule has 4 rings (SSSR count). The van der Waals surface area contributed by atoms with E-state index in [2.05, 4.69) is 24.7 Å². The second-order valence-electron chi connectivity index (χ2n) is 6.61. The first-order valence-electron chi connectivity index (χ1n) is 8.71. The molecule has 0 unspecified atom stereocenters. The highest BCUT2D eigenvalue weighted by molar-refractivity contribution is 7.92. The Bertz CT molecular complexity index is 1560. The molecule has 0 saturated heterocycles. The Hall–Kier alpha value is -3.21. The molecule has 0 aliphatic carbocycles. The SMILES string of the molecule is Cc1cc2[nH]c(=O)c(=O)[nH]c2nc1S(=O)(=O)Nc1ccc(-c2cncc(Cl)c2)c(Cl)c1. The predicted molar refractivity (Wildman–Crippen MR) is 118 cm³/mol. The maximum absolute atomic E-state index is 12.9. The molecule has 0 aliphatic rings. The molecule has 3 heterocycles. The number of rotatable bonds is 4. The number of H-pyrrole nitrogens is 2. The standard InChI is InChI=1S/C19H13Cl2N5O4S/c1-9-4-15-16(24-18(28)17(27)23-15)25-19(9)31(29,30)26-12-2-3-13(14(21)6-12)10-5-11(20)8-22-7-10/h2-8,26H,1H3,(H,23,27)(H,24,25,28). The molecule has 0 spiro atoms. The van der Waals surface area contributed by atoms with Gasteiger partial charge in [0.2, 0.25) is 0 Å². The maximum atomic E-state index is 12.9. The molecule has 3 aromatic heterocycles. The number of fused-ring (bicyclic) bond motifs is 1. The summed E-state index contributed by atoms with van der Waals surface area (Å²) in [6, 6.07) is 7.72. The zero-order valence-electron chi connectivity index (χ0n) is 15.7. The van der Waals surface area contributed by atoms with Crippen molar-refractivity contribution in [2.24, 2.45) is 0 Å². The summed E-state index contributed by atoms with van der Waals surface area (Å²) in [5, 5.41) is 0.423. The molecule has 158 valence electrons. The fraction of sp³-hybridized carbons (Fsp3) is 0.0526. The van der Waals surface area contributed by atoms with Crippen LogP contribution in [0.1, 0.15) is 5.56 Å². The lowest BCUT2D eigenvalue weighted by Gasteiger charge is -2.12. The van der Waals surface area contributed by atoms with E-state index >= 15 is 0 Å². The summed E-state index contributed by atoms with van der Waals surface area (Å²) in [6.45, 7) is 1.52. The van der Waals surface area contributed by atoms with E-state index in [9.17, 15) is 18.0 Å². The van der Waals surface area contributed by atoms with Gasteiger partial charge in [0.15, 0.2) is 10.7 Å². The summed E-state index contributed by atoms with van der Waals surface area (Å²) < 4.78 is 28.3. The van der Waals surface area contributed by atoms with E-state index in [1.807, 2.05) is 0 Å². The number of nitrogens with zero attached hydrogens (tertiary/aromatic N) is 2. The van der Waals surface area contributed by atoms with Crippen LogP contribution in [0.25, 0.3) is 22.3 Å². The molecule has 0 amide bonds. The Morgan fingerprint density at radius 2 is 1.74 bits per heavy atom. The maximum Gasteiger partial charge on any atom is 0.315 e. The third-order valence-electron chi connectivity index (χ3n) is 4.34. The number of halogens is 2. The largest absolute Gasteiger partial charge is 0.315 e. The van der Waals surface area contributed by atoms with Crippen molar-refractivity contribution in [1.29, 1.82) is 0 Å². The quantitative estimate of drug-likeness (QED) is 0.386. The molecule has 31 heavy (non-hydrogen) atoms. The van der Waals surface area contributed by atoms with Gasteiger partial charge in [0.05, 0.1) is 21.2 Å². The molecular weight excluding hydrogens is 465 g/mol. The van der Waals surface area contributed by atoms with Gasteiger partial charge in [-0.1, -0.05) is 29.3 Å². The van der Waals surface area contributed by atoms with Crippen molar-refractivity contribution < 1.29 is 8.42 Å². The van der Waals surface area contributed by atoms with Crippen LogP contribution in [0.15, 0.2) is 57.3 Å². The normalized spacial score (nSPS) is 11.6. The second-order valence-corrected chi connectivity index (χ2v) is 9.05. The summed E-state index contributed by atoms with van der Waals surface area (Å²) in [5.41, 5.74) is 0.152. The Kier molecular flexibility index (Phi) is 5.29. The van der Waals surface area contributed by atoms with E-state index in [-0.39, 0.29) is 32.5 Å². The lowest BCUT2D eigenvalue weighted by molar-refractivity contribution is 0.597. The Balaban J connectivity index is 1.71. The number of hydrogen-bond acceptors (Lipinski definition) is 6. The van der Waals surface area contributed by atoms with Gasteiger partial charge in [-0.15, -0.1) is 0 Å². The smallest absolute Gasteiger partial charge is 0.315 e. The molecule has 3 N–H and O–H groups in total. The highest BCUT2D eigenvalue weighted by atomic mass is 35.5. The topological polar surface area (TPSA) is 138 Å². The van der Waals surface area contributed by atoms with Gasteiger partial charge < -0.3 is 9.97 Å². The van der Waals surface area contributed by atoms with Crippen LogP contribution in [-0.4, -0.2) is 28.4 Å². The predicted octanol–water partition coefficient (Wildman–Crippen LogP) is 3.09. The van der Waals surface area contributed by atoms with Gasteiger partial charge in [-0.25, -0.2) is 4.98 Å². The van der Waals surface area contributed by atoms with Crippen LogP contribution in [0, 0.1) is 6.92 Å². The number of aromatic nitrogens is 4. The van der Waals surface area contributed by atoms with Crippen LogP contribution in [0.4, 0.5) is 5.69 Å². The van der Waals surface area contributed by atoms with Crippen molar-refractivity contribution in [3.63, 3.8) is 0 Å². The number of benzene rings is 1. The number of pyridine rings is 2. The highest BCUT2D eigenvalue weighted by Gasteiger charge is 2.21. The van der Waals surface area contributed by atoms with Gasteiger partial charge in [-0.05, 0) is 36.8 Å². The summed E-state index contributed by atoms with van der Waals surface area (Å²) in [5.74, 6) is 0. The molecule has 0 fully saturated rings.